The maximum Gasteiger partial charge on any atom is 0.220 e. The Morgan fingerprint density at radius 1 is 1.25 bits per heavy atom. The molecule has 1 aromatic carbocycles. The molecule has 2 N–H and O–H groups in total. The van der Waals surface area contributed by atoms with Gasteiger partial charge in [0.05, 0.1) is 6.04 Å². The molecule has 1 amide bonds. The molecule has 2 rings (SSSR count). The molecule has 1 atom stereocenters. The van der Waals surface area contributed by atoms with Crippen LogP contribution in [0.1, 0.15) is 37.3 Å². The third-order valence-corrected chi connectivity index (χ3v) is 3.82. The molecule has 4 nitrogen and oxygen atoms in total. The Bertz CT molecular complexity index is 402. The van der Waals surface area contributed by atoms with Crippen LogP contribution in [0.5, 0.6) is 0 Å². The summed E-state index contributed by atoms with van der Waals surface area (Å²) in [7, 11) is 0. The van der Waals surface area contributed by atoms with E-state index < -0.39 is 0 Å². The van der Waals surface area contributed by atoms with Gasteiger partial charge in [-0.2, -0.15) is 0 Å². The summed E-state index contributed by atoms with van der Waals surface area (Å²) in [6, 6.07) is 10.6. The number of rotatable bonds is 7. The van der Waals surface area contributed by atoms with E-state index in [1.165, 1.54) is 18.4 Å². The predicted molar refractivity (Wildman–Crippen MR) is 79.3 cm³/mol. The van der Waals surface area contributed by atoms with Crippen LogP contribution in [0.3, 0.4) is 0 Å². The molecule has 1 aliphatic rings. The molecule has 20 heavy (non-hydrogen) atoms. The van der Waals surface area contributed by atoms with Gasteiger partial charge in [-0.05, 0) is 37.9 Å². The van der Waals surface area contributed by atoms with E-state index in [4.69, 9.17) is 5.11 Å². The molecule has 110 valence electrons. The number of carbonyl (C=O) groups is 1. The maximum absolute atomic E-state index is 11.7. The van der Waals surface area contributed by atoms with E-state index in [9.17, 15) is 4.79 Å². The second-order valence-corrected chi connectivity index (χ2v) is 5.30. The monoisotopic (exact) mass is 276 g/mol. The van der Waals surface area contributed by atoms with Crippen molar-refractivity contribution in [1.29, 1.82) is 0 Å². The lowest BCUT2D eigenvalue weighted by molar-refractivity contribution is -0.121. The normalized spacial score (nSPS) is 17.1. The number of amides is 1. The van der Waals surface area contributed by atoms with E-state index in [1.54, 1.807) is 0 Å². The van der Waals surface area contributed by atoms with Gasteiger partial charge < -0.3 is 10.4 Å². The largest absolute Gasteiger partial charge is 0.396 e. The smallest absolute Gasteiger partial charge is 0.220 e. The van der Waals surface area contributed by atoms with Crippen molar-refractivity contribution in [3.63, 3.8) is 0 Å². The number of nitrogens with zero attached hydrogens (tertiary/aromatic N) is 1. The van der Waals surface area contributed by atoms with Crippen molar-refractivity contribution in [2.75, 3.05) is 26.2 Å². The molecule has 4 heteroatoms. The standard InChI is InChI=1S/C16H24N2O2/c19-12-6-9-16(20)17-13-15(18-10-4-5-11-18)14-7-2-1-3-8-14/h1-3,7-8,15,19H,4-6,9-13H2,(H,17,20). The summed E-state index contributed by atoms with van der Waals surface area (Å²) < 4.78 is 0. The number of benzene rings is 1. The zero-order chi connectivity index (χ0) is 14.2. The molecule has 0 bridgehead atoms. The Kier molecular flexibility index (Phi) is 6.02. The molecule has 0 aromatic heterocycles. The van der Waals surface area contributed by atoms with Gasteiger partial charge in [0.15, 0.2) is 0 Å². The van der Waals surface area contributed by atoms with Crippen LogP contribution in [0.15, 0.2) is 30.3 Å². The fourth-order valence-electron chi connectivity index (χ4n) is 2.72. The molecule has 0 spiro atoms. The summed E-state index contributed by atoms with van der Waals surface area (Å²) in [6.45, 7) is 2.92. The highest BCUT2D eigenvalue weighted by atomic mass is 16.3. The van der Waals surface area contributed by atoms with Gasteiger partial charge in [0, 0.05) is 19.6 Å². The highest BCUT2D eigenvalue weighted by Gasteiger charge is 2.23. The Morgan fingerprint density at radius 3 is 2.60 bits per heavy atom. The molecule has 1 aliphatic heterocycles. The quantitative estimate of drug-likeness (QED) is 0.797. The van der Waals surface area contributed by atoms with E-state index in [0.29, 0.717) is 19.4 Å². The van der Waals surface area contributed by atoms with E-state index in [-0.39, 0.29) is 18.6 Å². The molecule has 1 heterocycles. The lowest BCUT2D eigenvalue weighted by Gasteiger charge is -2.28. The average molecular weight is 276 g/mol. The van der Waals surface area contributed by atoms with Crippen molar-refractivity contribution in [3.8, 4) is 0 Å². The molecule has 1 aromatic rings. The van der Waals surface area contributed by atoms with E-state index >= 15 is 0 Å². The highest BCUT2D eigenvalue weighted by Crippen LogP contribution is 2.24. The van der Waals surface area contributed by atoms with Crippen molar-refractivity contribution in [2.24, 2.45) is 0 Å². The maximum atomic E-state index is 11.7. The van der Waals surface area contributed by atoms with Gasteiger partial charge in [-0.25, -0.2) is 0 Å². The van der Waals surface area contributed by atoms with Crippen molar-refractivity contribution in [3.05, 3.63) is 35.9 Å². The van der Waals surface area contributed by atoms with Crippen LogP contribution in [0.25, 0.3) is 0 Å². The van der Waals surface area contributed by atoms with Gasteiger partial charge in [-0.3, -0.25) is 9.69 Å². The van der Waals surface area contributed by atoms with Crippen LogP contribution in [-0.2, 0) is 4.79 Å². The van der Waals surface area contributed by atoms with E-state index in [2.05, 4.69) is 22.3 Å². The summed E-state index contributed by atoms with van der Waals surface area (Å²) in [5, 5.41) is 11.8. The van der Waals surface area contributed by atoms with Crippen LogP contribution < -0.4 is 5.32 Å². The SMILES string of the molecule is O=C(CCCO)NCC(c1ccccc1)N1CCCC1. The lowest BCUT2D eigenvalue weighted by atomic mass is 10.1. The first kappa shape index (κ1) is 15.0. The van der Waals surface area contributed by atoms with Gasteiger partial charge in [0.1, 0.15) is 0 Å². The number of nitrogens with one attached hydrogen (secondary N) is 1. The topological polar surface area (TPSA) is 52.6 Å². The molecular weight excluding hydrogens is 252 g/mol. The number of hydrogen-bond acceptors (Lipinski definition) is 3. The fourth-order valence-corrected chi connectivity index (χ4v) is 2.72. The number of aliphatic hydroxyl groups excluding tert-OH is 1. The van der Waals surface area contributed by atoms with Crippen molar-refractivity contribution >= 4 is 5.91 Å². The molecule has 1 saturated heterocycles. The number of hydrogen-bond donors (Lipinski definition) is 2. The van der Waals surface area contributed by atoms with Crippen molar-refractivity contribution in [2.45, 2.75) is 31.7 Å². The van der Waals surface area contributed by atoms with Crippen molar-refractivity contribution < 1.29 is 9.90 Å². The first-order chi connectivity index (χ1) is 9.81. The Balaban J connectivity index is 1.95. The van der Waals surface area contributed by atoms with Crippen LogP contribution >= 0.6 is 0 Å². The first-order valence-corrected chi connectivity index (χ1v) is 7.48. The summed E-state index contributed by atoms with van der Waals surface area (Å²) in [5.74, 6) is 0.0270. The molecule has 1 unspecified atom stereocenters. The first-order valence-electron chi connectivity index (χ1n) is 7.48. The minimum absolute atomic E-state index is 0.0270. The Labute approximate surface area is 120 Å². The second-order valence-electron chi connectivity index (χ2n) is 5.30. The summed E-state index contributed by atoms with van der Waals surface area (Å²) in [4.78, 5) is 14.2. The molecule has 1 fully saturated rings. The molecule has 0 aliphatic carbocycles. The van der Waals surface area contributed by atoms with Crippen LogP contribution in [0.2, 0.25) is 0 Å². The Morgan fingerprint density at radius 2 is 1.95 bits per heavy atom. The van der Waals surface area contributed by atoms with Crippen LogP contribution in [0, 0.1) is 0 Å². The van der Waals surface area contributed by atoms with Crippen LogP contribution in [0.4, 0.5) is 0 Å². The second kappa shape index (κ2) is 8.02. The van der Waals surface area contributed by atoms with E-state index in [1.807, 2.05) is 18.2 Å². The number of carbonyl (C=O) groups excluding carboxylic acids is 1. The van der Waals surface area contributed by atoms with Gasteiger partial charge in [-0.1, -0.05) is 30.3 Å². The van der Waals surface area contributed by atoms with Crippen LogP contribution in [-0.4, -0.2) is 42.2 Å². The molecular formula is C16H24N2O2. The zero-order valence-corrected chi connectivity index (χ0v) is 11.9. The van der Waals surface area contributed by atoms with Gasteiger partial charge in [-0.15, -0.1) is 0 Å². The zero-order valence-electron chi connectivity index (χ0n) is 11.9. The van der Waals surface area contributed by atoms with Gasteiger partial charge in [0.25, 0.3) is 0 Å². The third kappa shape index (κ3) is 4.32. The summed E-state index contributed by atoms with van der Waals surface area (Å²) in [6.07, 6.45) is 3.41. The number of likely N-dealkylation sites (tertiary alicyclic amines) is 1. The predicted octanol–water partition coefficient (Wildman–Crippen LogP) is 1.71. The van der Waals surface area contributed by atoms with Gasteiger partial charge in [0.2, 0.25) is 5.91 Å². The Hall–Kier alpha value is -1.39. The highest BCUT2D eigenvalue weighted by molar-refractivity contribution is 5.75. The van der Waals surface area contributed by atoms with E-state index in [0.717, 1.165) is 13.1 Å². The minimum atomic E-state index is 0.0270. The number of aliphatic hydroxyl groups is 1. The average Bonchev–Trinajstić information content (AvgIpc) is 3.00. The van der Waals surface area contributed by atoms with Crippen molar-refractivity contribution in [1.82, 2.24) is 10.2 Å². The summed E-state index contributed by atoms with van der Waals surface area (Å²) >= 11 is 0. The summed E-state index contributed by atoms with van der Waals surface area (Å²) in [5.41, 5.74) is 1.26. The molecule has 0 saturated carbocycles. The lowest BCUT2D eigenvalue weighted by Crippen LogP contribution is -2.36. The minimum Gasteiger partial charge on any atom is -0.396 e. The third-order valence-electron chi connectivity index (χ3n) is 3.82. The fraction of sp³-hybridized carbons (Fsp3) is 0.562. The van der Waals surface area contributed by atoms with Gasteiger partial charge >= 0.3 is 0 Å². The molecule has 0 radical (unpaired) electrons.